The highest BCUT2D eigenvalue weighted by molar-refractivity contribution is 7.90. The van der Waals surface area contributed by atoms with Crippen LogP contribution in [0.3, 0.4) is 0 Å². The third-order valence-corrected chi connectivity index (χ3v) is 5.56. The summed E-state index contributed by atoms with van der Waals surface area (Å²) in [4.78, 5) is 0. The normalized spacial score (nSPS) is 19.2. The molecule has 0 saturated carbocycles. The largest absolute Gasteiger partial charge is 0.381 e. The van der Waals surface area contributed by atoms with E-state index in [1.165, 1.54) is 0 Å². The van der Waals surface area contributed by atoms with Gasteiger partial charge in [-0.1, -0.05) is 30.3 Å². The van der Waals surface area contributed by atoms with Crippen molar-refractivity contribution in [3.8, 4) is 0 Å². The molecule has 1 saturated heterocycles. The first kappa shape index (κ1) is 14.8. The van der Waals surface area contributed by atoms with Crippen LogP contribution in [0.1, 0.15) is 23.8 Å². The monoisotopic (exact) mass is 303 g/mol. The lowest BCUT2D eigenvalue weighted by Gasteiger charge is -2.23. The third kappa shape index (κ3) is 4.18. The quantitative estimate of drug-likeness (QED) is 0.847. The van der Waals surface area contributed by atoms with Gasteiger partial charge in [0, 0.05) is 19.8 Å². The van der Waals surface area contributed by atoms with E-state index in [1.807, 2.05) is 30.3 Å². The molecule has 0 aromatic heterocycles. The Hall–Kier alpha value is -0.620. The molecule has 2 rings (SSSR count). The molecule has 0 aliphatic carbocycles. The summed E-state index contributed by atoms with van der Waals surface area (Å²) in [5.41, 5.74) is 0.916. The molecule has 1 heterocycles. The average molecular weight is 304 g/mol. The Bertz CT molecular complexity index is 486. The molecule has 1 atom stereocenters. The molecule has 0 spiro atoms. The molecule has 1 unspecified atom stereocenters. The van der Waals surface area contributed by atoms with Gasteiger partial charge < -0.3 is 4.74 Å². The molecule has 0 radical (unpaired) electrons. The molecular weight excluding hydrogens is 286 g/mol. The molecule has 6 heteroatoms. The predicted octanol–water partition coefficient (Wildman–Crippen LogP) is 2.06. The molecule has 1 aliphatic rings. The van der Waals surface area contributed by atoms with E-state index in [2.05, 4.69) is 4.72 Å². The fraction of sp³-hybridized carbons (Fsp3) is 0.538. The van der Waals surface area contributed by atoms with E-state index < -0.39 is 10.0 Å². The number of rotatable bonds is 5. The summed E-state index contributed by atoms with van der Waals surface area (Å²) in [6, 6.07) is 9.45. The Morgan fingerprint density at radius 3 is 2.53 bits per heavy atom. The van der Waals surface area contributed by atoms with Crippen molar-refractivity contribution < 1.29 is 13.2 Å². The van der Waals surface area contributed by atoms with E-state index in [1.54, 1.807) is 0 Å². The summed E-state index contributed by atoms with van der Waals surface area (Å²) in [5.74, 6) is 0. The number of sulfonamides is 1. The number of hydrogen-bond donors (Lipinski definition) is 1. The standard InChI is InChI=1S/C13H18ClNO3S/c14-13(11-4-2-1-3-5-11)10-15-19(16,17)12-6-8-18-9-7-12/h1-5,12-13,15H,6-10H2. The number of hydrogen-bond acceptors (Lipinski definition) is 3. The van der Waals surface area contributed by atoms with Crippen LogP contribution in [0.25, 0.3) is 0 Å². The predicted molar refractivity (Wildman–Crippen MR) is 75.8 cm³/mol. The van der Waals surface area contributed by atoms with Gasteiger partial charge >= 0.3 is 0 Å². The third-order valence-electron chi connectivity index (χ3n) is 3.23. The highest BCUT2D eigenvalue weighted by atomic mass is 35.5. The SMILES string of the molecule is O=S(=O)(NCC(Cl)c1ccccc1)C1CCOCC1. The van der Waals surface area contributed by atoms with Crippen LogP contribution in [-0.4, -0.2) is 33.4 Å². The molecule has 1 aromatic rings. The second-order valence-corrected chi connectivity index (χ2v) is 7.16. The number of halogens is 1. The number of ether oxygens (including phenoxy) is 1. The number of alkyl halides is 1. The Morgan fingerprint density at radius 1 is 1.26 bits per heavy atom. The summed E-state index contributed by atoms with van der Waals surface area (Å²) >= 11 is 6.20. The van der Waals surface area contributed by atoms with Crippen LogP contribution in [0.15, 0.2) is 30.3 Å². The zero-order valence-corrected chi connectivity index (χ0v) is 12.2. The molecule has 4 nitrogen and oxygen atoms in total. The second-order valence-electron chi connectivity index (χ2n) is 4.58. The van der Waals surface area contributed by atoms with E-state index in [4.69, 9.17) is 16.3 Å². The smallest absolute Gasteiger partial charge is 0.214 e. The minimum Gasteiger partial charge on any atom is -0.381 e. The molecule has 0 bridgehead atoms. The Labute approximate surface area is 119 Å². The Kier molecular flexibility index (Phi) is 5.21. The van der Waals surface area contributed by atoms with Crippen LogP contribution in [0.5, 0.6) is 0 Å². The molecule has 19 heavy (non-hydrogen) atoms. The lowest BCUT2D eigenvalue weighted by Crippen LogP contribution is -2.39. The van der Waals surface area contributed by atoms with Crippen molar-refractivity contribution in [2.75, 3.05) is 19.8 Å². The van der Waals surface area contributed by atoms with Gasteiger partial charge in [0.1, 0.15) is 0 Å². The van der Waals surface area contributed by atoms with Crippen molar-refractivity contribution in [1.82, 2.24) is 4.72 Å². The van der Waals surface area contributed by atoms with Crippen molar-refractivity contribution in [3.05, 3.63) is 35.9 Å². The minimum atomic E-state index is -3.30. The van der Waals surface area contributed by atoms with Crippen molar-refractivity contribution in [1.29, 1.82) is 0 Å². The first-order valence-corrected chi connectivity index (χ1v) is 8.33. The van der Waals surface area contributed by atoms with Crippen LogP contribution in [0.4, 0.5) is 0 Å². The summed E-state index contributed by atoms with van der Waals surface area (Å²) < 4.78 is 32.0. The maximum atomic E-state index is 12.1. The molecule has 1 aromatic carbocycles. The van der Waals surface area contributed by atoms with Gasteiger partial charge in [-0.15, -0.1) is 11.6 Å². The summed E-state index contributed by atoms with van der Waals surface area (Å²) in [6.07, 6.45) is 1.10. The lowest BCUT2D eigenvalue weighted by atomic mass is 10.1. The van der Waals surface area contributed by atoms with Gasteiger partial charge in [0.25, 0.3) is 0 Å². The fourth-order valence-corrected chi connectivity index (χ4v) is 3.83. The van der Waals surface area contributed by atoms with Gasteiger partial charge in [-0.05, 0) is 18.4 Å². The van der Waals surface area contributed by atoms with Crippen LogP contribution in [0.2, 0.25) is 0 Å². The minimum absolute atomic E-state index is 0.214. The van der Waals surface area contributed by atoms with Crippen molar-refractivity contribution in [2.45, 2.75) is 23.5 Å². The summed E-state index contributed by atoms with van der Waals surface area (Å²) in [7, 11) is -3.30. The van der Waals surface area contributed by atoms with Gasteiger partial charge in [0.05, 0.1) is 10.6 Å². The van der Waals surface area contributed by atoms with E-state index >= 15 is 0 Å². The van der Waals surface area contributed by atoms with Gasteiger partial charge in [-0.25, -0.2) is 13.1 Å². The Balaban J connectivity index is 1.90. The highest BCUT2D eigenvalue weighted by Crippen LogP contribution is 2.20. The summed E-state index contributed by atoms with van der Waals surface area (Å²) in [6.45, 7) is 1.23. The summed E-state index contributed by atoms with van der Waals surface area (Å²) in [5, 5.41) is -0.711. The van der Waals surface area contributed by atoms with Gasteiger partial charge in [0.15, 0.2) is 0 Å². The van der Waals surface area contributed by atoms with Crippen LogP contribution >= 0.6 is 11.6 Å². The van der Waals surface area contributed by atoms with Crippen molar-refractivity contribution >= 4 is 21.6 Å². The lowest BCUT2D eigenvalue weighted by molar-refractivity contribution is 0.0981. The maximum Gasteiger partial charge on any atom is 0.214 e. The molecule has 106 valence electrons. The molecule has 1 aliphatic heterocycles. The van der Waals surface area contributed by atoms with Gasteiger partial charge in [-0.2, -0.15) is 0 Å². The first-order valence-electron chi connectivity index (χ1n) is 6.35. The zero-order chi connectivity index (χ0) is 13.7. The molecule has 1 N–H and O–H groups in total. The van der Waals surface area contributed by atoms with E-state index in [-0.39, 0.29) is 17.2 Å². The van der Waals surface area contributed by atoms with E-state index in [0.29, 0.717) is 26.1 Å². The van der Waals surface area contributed by atoms with Crippen molar-refractivity contribution in [2.24, 2.45) is 0 Å². The van der Waals surface area contributed by atoms with Crippen molar-refractivity contribution in [3.63, 3.8) is 0 Å². The van der Waals surface area contributed by atoms with Crippen LogP contribution < -0.4 is 4.72 Å². The van der Waals surface area contributed by atoms with E-state index in [9.17, 15) is 8.42 Å². The molecule has 1 fully saturated rings. The zero-order valence-electron chi connectivity index (χ0n) is 10.6. The molecule has 0 amide bonds. The Morgan fingerprint density at radius 2 is 1.89 bits per heavy atom. The maximum absolute atomic E-state index is 12.1. The highest BCUT2D eigenvalue weighted by Gasteiger charge is 2.27. The van der Waals surface area contributed by atoms with Crippen LogP contribution in [0, 0.1) is 0 Å². The topological polar surface area (TPSA) is 55.4 Å². The van der Waals surface area contributed by atoms with Gasteiger partial charge in [0.2, 0.25) is 10.0 Å². The van der Waals surface area contributed by atoms with Crippen LogP contribution in [-0.2, 0) is 14.8 Å². The number of benzene rings is 1. The van der Waals surface area contributed by atoms with Gasteiger partial charge in [-0.3, -0.25) is 0 Å². The average Bonchev–Trinajstić information content (AvgIpc) is 2.47. The number of nitrogens with one attached hydrogen (secondary N) is 1. The molecular formula is C13H18ClNO3S. The first-order chi connectivity index (χ1) is 9.09. The fourth-order valence-electron chi connectivity index (χ4n) is 2.07. The van der Waals surface area contributed by atoms with E-state index in [0.717, 1.165) is 5.56 Å². The second kappa shape index (κ2) is 6.70.